The summed E-state index contributed by atoms with van der Waals surface area (Å²) in [7, 11) is 1.73. The summed E-state index contributed by atoms with van der Waals surface area (Å²) in [6, 6.07) is 1.72. The van der Waals surface area contributed by atoms with Gasteiger partial charge in [-0.25, -0.2) is 0 Å². The van der Waals surface area contributed by atoms with Crippen molar-refractivity contribution in [2.45, 2.75) is 12.1 Å². The molecule has 0 radical (unpaired) electrons. The number of aliphatic hydroxyl groups excluding tert-OH is 1. The number of nitrogens with one attached hydrogen (secondary N) is 1. The van der Waals surface area contributed by atoms with E-state index < -0.39 is 6.10 Å². The Bertz CT molecular complexity index is 396. The first-order chi connectivity index (χ1) is 7.61. The van der Waals surface area contributed by atoms with E-state index in [1.54, 1.807) is 11.9 Å². The van der Waals surface area contributed by atoms with E-state index in [0.29, 0.717) is 18.0 Å². The second-order valence-electron chi connectivity index (χ2n) is 3.81. The van der Waals surface area contributed by atoms with Crippen molar-refractivity contribution in [3.63, 3.8) is 0 Å². The topological polar surface area (TPSA) is 52.6 Å². The van der Waals surface area contributed by atoms with Gasteiger partial charge in [0.2, 0.25) is 0 Å². The molecule has 1 aromatic rings. The lowest BCUT2D eigenvalue weighted by atomic mass is 10.2. The highest BCUT2D eigenvalue weighted by atomic mass is 79.9. The van der Waals surface area contributed by atoms with Gasteiger partial charge in [-0.2, -0.15) is 0 Å². The molecule has 4 nitrogen and oxygen atoms in total. The summed E-state index contributed by atoms with van der Waals surface area (Å²) < 4.78 is 0.815. The van der Waals surface area contributed by atoms with Gasteiger partial charge < -0.3 is 15.3 Å². The molecule has 1 fully saturated rings. The third-order valence-corrected chi connectivity index (χ3v) is 4.61. The maximum Gasteiger partial charge on any atom is 0.265 e. The number of likely N-dealkylation sites (N-methyl/N-ethyl adjacent to an activating group) is 1. The molecule has 0 aromatic carbocycles. The first-order valence-corrected chi connectivity index (χ1v) is 6.67. The van der Waals surface area contributed by atoms with Crippen LogP contribution in [0.3, 0.4) is 0 Å². The van der Waals surface area contributed by atoms with Gasteiger partial charge in [0.15, 0.2) is 0 Å². The van der Waals surface area contributed by atoms with Crippen molar-refractivity contribution in [2.75, 3.05) is 20.1 Å². The zero-order valence-corrected chi connectivity index (χ0v) is 11.2. The molecule has 1 amide bonds. The number of aliphatic hydroxyl groups is 1. The first-order valence-electron chi connectivity index (χ1n) is 5.00. The van der Waals surface area contributed by atoms with Crippen LogP contribution in [0, 0.1) is 0 Å². The quantitative estimate of drug-likeness (QED) is 0.854. The number of rotatable bonds is 2. The molecular formula is C10H13BrN2O2S. The molecule has 0 bridgehead atoms. The Hall–Kier alpha value is -0.430. The highest BCUT2D eigenvalue weighted by Gasteiger charge is 2.32. The molecule has 1 aliphatic rings. The third kappa shape index (κ3) is 2.15. The number of hydrogen-bond donors (Lipinski definition) is 2. The fourth-order valence-electron chi connectivity index (χ4n) is 1.80. The van der Waals surface area contributed by atoms with Crippen LogP contribution in [0.2, 0.25) is 0 Å². The van der Waals surface area contributed by atoms with Crippen LogP contribution in [-0.4, -0.2) is 48.2 Å². The summed E-state index contributed by atoms with van der Waals surface area (Å²) in [5.41, 5.74) is 0. The van der Waals surface area contributed by atoms with Crippen LogP contribution < -0.4 is 5.32 Å². The first kappa shape index (κ1) is 12.0. The van der Waals surface area contributed by atoms with E-state index in [9.17, 15) is 9.90 Å². The SMILES string of the molecule is CN(C(=O)c1sccc1Br)[C@H]1CNC[C@@H]1O. The van der Waals surface area contributed by atoms with E-state index in [4.69, 9.17) is 0 Å². The number of halogens is 1. The largest absolute Gasteiger partial charge is 0.390 e. The van der Waals surface area contributed by atoms with Crippen LogP contribution in [0.25, 0.3) is 0 Å². The number of carbonyl (C=O) groups excluding carboxylic acids is 1. The van der Waals surface area contributed by atoms with E-state index in [2.05, 4.69) is 21.2 Å². The molecule has 0 spiro atoms. The molecule has 6 heteroatoms. The van der Waals surface area contributed by atoms with Crippen molar-refractivity contribution in [1.82, 2.24) is 10.2 Å². The summed E-state index contributed by atoms with van der Waals surface area (Å²) >= 11 is 4.75. The fourth-order valence-corrected chi connectivity index (χ4v) is 3.33. The molecule has 0 saturated carbocycles. The van der Waals surface area contributed by atoms with E-state index in [1.807, 2.05) is 11.4 Å². The Morgan fingerprint density at radius 2 is 2.44 bits per heavy atom. The van der Waals surface area contributed by atoms with Crippen molar-refractivity contribution in [3.8, 4) is 0 Å². The highest BCUT2D eigenvalue weighted by Crippen LogP contribution is 2.25. The van der Waals surface area contributed by atoms with Gasteiger partial charge in [0.1, 0.15) is 4.88 Å². The molecule has 2 atom stereocenters. The van der Waals surface area contributed by atoms with Gasteiger partial charge in [0, 0.05) is 24.6 Å². The summed E-state index contributed by atoms with van der Waals surface area (Å²) in [5, 5.41) is 14.6. The molecule has 2 N–H and O–H groups in total. The Kier molecular flexibility index (Phi) is 3.63. The summed E-state index contributed by atoms with van der Waals surface area (Å²) in [4.78, 5) is 14.4. The normalized spacial score (nSPS) is 24.7. The van der Waals surface area contributed by atoms with Gasteiger partial charge in [-0.1, -0.05) is 0 Å². The number of thiophene rings is 1. The maximum atomic E-state index is 12.1. The van der Waals surface area contributed by atoms with Crippen molar-refractivity contribution in [3.05, 3.63) is 20.8 Å². The Morgan fingerprint density at radius 3 is 2.94 bits per heavy atom. The van der Waals surface area contributed by atoms with Gasteiger partial charge >= 0.3 is 0 Å². The molecule has 0 unspecified atom stereocenters. The maximum absolute atomic E-state index is 12.1. The minimum Gasteiger partial charge on any atom is -0.390 e. The molecule has 16 heavy (non-hydrogen) atoms. The van der Waals surface area contributed by atoms with Gasteiger partial charge in [0.25, 0.3) is 5.91 Å². The van der Waals surface area contributed by atoms with Crippen molar-refractivity contribution in [2.24, 2.45) is 0 Å². The molecule has 0 aliphatic carbocycles. The average Bonchev–Trinajstić information content (AvgIpc) is 2.85. The smallest absolute Gasteiger partial charge is 0.265 e. The lowest BCUT2D eigenvalue weighted by Crippen LogP contribution is -2.44. The summed E-state index contributed by atoms with van der Waals surface area (Å²) in [5.74, 6) is -0.0466. The number of nitrogens with zero attached hydrogens (tertiary/aromatic N) is 1. The molecule has 1 aliphatic heterocycles. The minimum absolute atomic E-state index is 0.0466. The molecular weight excluding hydrogens is 292 g/mol. The van der Waals surface area contributed by atoms with Crippen LogP contribution in [0.1, 0.15) is 9.67 Å². The number of β-amino-alcohol motifs (C(OH)–C–C–N with tert-alkyl or cyclic N) is 1. The van der Waals surface area contributed by atoms with Crippen LogP contribution >= 0.6 is 27.3 Å². The summed E-state index contributed by atoms with van der Waals surface area (Å²) in [6.07, 6.45) is -0.479. The highest BCUT2D eigenvalue weighted by molar-refractivity contribution is 9.10. The molecule has 1 saturated heterocycles. The minimum atomic E-state index is -0.479. The van der Waals surface area contributed by atoms with E-state index >= 15 is 0 Å². The lowest BCUT2D eigenvalue weighted by Gasteiger charge is -2.26. The van der Waals surface area contributed by atoms with E-state index in [-0.39, 0.29) is 11.9 Å². The van der Waals surface area contributed by atoms with Gasteiger partial charge in [-0.15, -0.1) is 11.3 Å². The van der Waals surface area contributed by atoms with E-state index in [0.717, 1.165) is 4.47 Å². The van der Waals surface area contributed by atoms with Crippen molar-refractivity contribution in [1.29, 1.82) is 0 Å². The number of hydrogen-bond acceptors (Lipinski definition) is 4. The zero-order chi connectivity index (χ0) is 11.7. The van der Waals surface area contributed by atoms with Gasteiger partial charge in [-0.3, -0.25) is 4.79 Å². The number of amides is 1. The molecule has 1 aromatic heterocycles. The molecule has 2 heterocycles. The second-order valence-corrected chi connectivity index (χ2v) is 5.58. The Balaban J connectivity index is 2.13. The number of carbonyl (C=O) groups is 1. The van der Waals surface area contributed by atoms with Gasteiger partial charge in [-0.05, 0) is 27.4 Å². The van der Waals surface area contributed by atoms with Crippen LogP contribution in [0.5, 0.6) is 0 Å². The predicted octanol–water partition coefficient (Wildman–Crippen LogP) is 0.915. The van der Waals surface area contributed by atoms with Gasteiger partial charge in [0.05, 0.1) is 12.1 Å². The zero-order valence-electron chi connectivity index (χ0n) is 8.81. The lowest BCUT2D eigenvalue weighted by molar-refractivity contribution is 0.0585. The Labute approximate surface area is 106 Å². The van der Waals surface area contributed by atoms with Crippen molar-refractivity contribution >= 4 is 33.2 Å². The van der Waals surface area contributed by atoms with Crippen molar-refractivity contribution < 1.29 is 9.90 Å². The third-order valence-electron chi connectivity index (χ3n) is 2.78. The Morgan fingerprint density at radius 1 is 1.69 bits per heavy atom. The van der Waals surface area contributed by atoms with E-state index in [1.165, 1.54) is 11.3 Å². The van der Waals surface area contributed by atoms with Crippen LogP contribution in [0.15, 0.2) is 15.9 Å². The van der Waals surface area contributed by atoms with Crippen LogP contribution in [0.4, 0.5) is 0 Å². The standard InChI is InChI=1S/C10H13BrN2O2S/c1-13(7-4-12-5-8(7)14)10(15)9-6(11)2-3-16-9/h2-3,7-8,12,14H,4-5H2,1H3/t7-,8-/m0/s1. The fraction of sp³-hybridized carbons (Fsp3) is 0.500. The predicted molar refractivity (Wildman–Crippen MR) is 66.8 cm³/mol. The average molecular weight is 305 g/mol. The monoisotopic (exact) mass is 304 g/mol. The van der Waals surface area contributed by atoms with Crippen LogP contribution in [-0.2, 0) is 0 Å². The molecule has 88 valence electrons. The molecule has 2 rings (SSSR count). The second kappa shape index (κ2) is 4.83. The summed E-state index contributed by atoms with van der Waals surface area (Å²) in [6.45, 7) is 1.19.